The highest BCUT2D eigenvalue weighted by Gasteiger charge is 2.54. The third kappa shape index (κ3) is 3.92. The van der Waals surface area contributed by atoms with Gasteiger partial charge in [0.05, 0.1) is 35.1 Å². The molecule has 2 aliphatic heterocycles. The molecule has 2 amide bonds. The number of carbonyl (C=O) groups is 2. The summed E-state index contributed by atoms with van der Waals surface area (Å²) >= 11 is 0. The van der Waals surface area contributed by atoms with Crippen LogP contribution in [0.1, 0.15) is 28.8 Å². The van der Waals surface area contributed by atoms with E-state index in [-0.39, 0.29) is 11.8 Å². The van der Waals surface area contributed by atoms with Crippen LogP contribution in [0, 0.1) is 11.3 Å². The summed E-state index contributed by atoms with van der Waals surface area (Å²) < 4.78 is 6.16. The maximum absolute atomic E-state index is 13.6. The van der Waals surface area contributed by atoms with Crippen LogP contribution in [0.4, 0.5) is 5.82 Å². The van der Waals surface area contributed by atoms with Gasteiger partial charge in [0, 0.05) is 49.7 Å². The normalized spacial score (nSPS) is 22.0. The van der Waals surface area contributed by atoms with E-state index in [2.05, 4.69) is 22.0 Å². The number of H-pyrrole nitrogens is 1. The molecule has 2 aliphatic rings. The van der Waals surface area contributed by atoms with Crippen molar-refractivity contribution < 1.29 is 14.3 Å². The number of fused-ring (bicyclic) bond motifs is 3. The first kappa shape index (κ1) is 23.5. The molecule has 0 aliphatic carbocycles. The molecule has 3 N–H and O–H groups in total. The lowest BCUT2D eigenvalue weighted by atomic mass is 9.71. The lowest BCUT2D eigenvalue weighted by Crippen LogP contribution is -2.51. The molecule has 2 atom stereocenters. The Hall–Kier alpha value is -3.91. The Labute approximate surface area is 215 Å². The largest absolute Gasteiger partial charge is 0.376 e. The Kier molecular flexibility index (Phi) is 5.83. The maximum atomic E-state index is 13.6. The molecule has 6 rings (SSSR count). The van der Waals surface area contributed by atoms with Gasteiger partial charge >= 0.3 is 0 Å². The fourth-order valence-electron chi connectivity index (χ4n) is 6.28. The summed E-state index contributed by atoms with van der Waals surface area (Å²) in [4.78, 5) is 38.0. The predicted octanol–water partition coefficient (Wildman–Crippen LogP) is 3.71. The number of ether oxygens (including phenoxy) is 1. The van der Waals surface area contributed by atoms with Crippen LogP contribution in [-0.4, -0.2) is 60.0 Å². The van der Waals surface area contributed by atoms with E-state index >= 15 is 0 Å². The Balaban J connectivity index is 1.34. The molecule has 8 nitrogen and oxygen atoms in total. The molecule has 0 radical (unpaired) electrons. The van der Waals surface area contributed by atoms with Gasteiger partial charge in [-0.15, -0.1) is 0 Å². The highest BCUT2D eigenvalue weighted by Crippen LogP contribution is 2.46. The molecule has 2 aromatic carbocycles. The Morgan fingerprint density at radius 1 is 1.19 bits per heavy atom. The second-order valence-corrected chi connectivity index (χ2v) is 10.3. The Bertz CT molecular complexity index is 1480. The number of nitrogens with one attached hydrogen (secondary N) is 1. The minimum atomic E-state index is -0.536. The van der Waals surface area contributed by atoms with Crippen molar-refractivity contribution in [1.29, 1.82) is 0 Å². The molecule has 4 aromatic rings. The van der Waals surface area contributed by atoms with Crippen LogP contribution in [-0.2, 0) is 16.1 Å². The number of piperidine rings is 1. The summed E-state index contributed by atoms with van der Waals surface area (Å²) in [7, 11) is 1.89. The van der Waals surface area contributed by atoms with Crippen molar-refractivity contribution in [1.82, 2.24) is 14.9 Å². The third-order valence-corrected chi connectivity index (χ3v) is 8.08. The fourth-order valence-corrected chi connectivity index (χ4v) is 6.28. The Morgan fingerprint density at radius 2 is 1.97 bits per heavy atom. The van der Waals surface area contributed by atoms with E-state index in [1.165, 1.54) is 0 Å². The van der Waals surface area contributed by atoms with E-state index in [1.807, 2.05) is 54.4 Å². The number of aromatic amines is 1. The van der Waals surface area contributed by atoms with Gasteiger partial charge in [0.25, 0.3) is 5.91 Å². The summed E-state index contributed by atoms with van der Waals surface area (Å²) in [5, 5.41) is 1.86. The number of pyridine rings is 1. The summed E-state index contributed by atoms with van der Waals surface area (Å²) in [6.07, 6.45) is 3.25. The number of rotatable bonds is 6. The van der Waals surface area contributed by atoms with Crippen LogP contribution in [0.2, 0.25) is 0 Å². The first-order chi connectivity index (χ1) is 18.0. The number of benzene rings is 2. The highest BCUT2D eigenvalue weighted by atomic mass is 16.5. The number of likely N-dealkylation sites (tertiary alicyclic amines) is 1. The molecule has 37 heavy (non-hydrogen) atoms. The predicted molar refractivity (Wildman–Crippen MR) is 143 cm³/mol. The van der Waals surface area contributed by atoms with E-state index in [4.69, 9.17) is 15.5 Å². The van der Waals surface area contributed by atoms with Crippen molar-refractivity contribution >= 4 is 39.4 Å². The number of primary amides is 1. The standard InChI is InChI=1S/C29H31N5O3/c1-33-15-20(17-37-16-19-8-3-2-4-9-19)29(28(33)36)12-7-13-34(18-29)27-24-21-10-5-6-11-23(21)32-25(24)22(14-31-27)26(30)35/h2-6,8-11,14,20,32H,7,12-13,15-18H2,1H3,(H2,30,35). The van der Waals surface area contributed by atoms with Crippen LogP contribution >= 0.6 is 0 Å². The quantitative estimate of drug-likeness (QED) is 0.423. The van der Waals surface area contributed by atoms with E-state index in [1.54, 1.807) is 6.20 Å². The third-order valence-electron chi connectivity index (χ3n) is 8.08. The van der Waals surface area contributed by atoms with Crippen LogP contribution in [0.3, 0.4) is 0 Å². The van der Waals surface area contributed by atoms with Crippen molar-refractivity contribution in [3.8, 4) is 0 Å². The number of carbonyl (C=O) groups excluding carboxylic acids is 2. The number of amides is 2. The second-order valence-electron chi connectivity index (χ2n) is 10.3. The fraction of sp³-hybridized carbons (Fsp3) is 0.345. The van der Waals surface area contributed by atoms with Crippen molar-refractivity contribution in [3.05, 3.63) is 71.9 Å². The first-order valence-electron chi connectivity index (χ1n) is 12.8. The van der Waals surface area contributed by atoms with Crippen molar-refractivity contribution in [2.24, 2.45) is 17.1 Å². The molecule has 0 saturated carbocycles. The zero-order chi connectivity index (χ0) is 25.6. The summed E-state index contributed by atoms with van der Waals surface area (Å²) in [6, 6.07) is 18.1. The zero-order valence-electron chi connectivity index (χ0n) is 20.9. The molecule has 2 fully saturated rings. The summed E-state index contributed by atoms with van der Waals surface area (Å²) in [6.45, 7) is 3.08. The van der Waals surface area contributed by atoms with Crippen molar-refractivity contribution in [2.45, 2.75) is 19.4 Å². The summed E-state index contributed by atoms with van der Waals surface area (Å²) in [5.41, 5.74) is 8.26. The van der Waals surface area contributed by atoms with Crippen molar-refractivity contribution in [3.63, 3.8) is 0 Å². The molecule has 1 spiro atoms. The lowest BCUT2D eigenvalue weighted by Gasteiger charge is -2.42. The van der Waals surface area contributed by atoms with Gasteiger partial charge in [0.2, 0.25) is 5.91 Å². The van der Waals surface area contributed by atoms with Gasteiger partial charge in [-0.2, -0.15) is 0 Å². The summed E-state index contributed by atoms with van der Waals surface area (Å²) in [5.74, 6) is 0.520. The number of aromatic nitrogens is 2. The number of nitrogens with zero attached hydrogens (tertiary/aromatic N) is 3. The highest BCUT2D eigenvalue weighted by molar-refractivity contribution is 6.18. The number of para-hydroxylation sites is 1. The molecule has 2 saturated heterocycles. The van der Waals surface area contributed by atoms with Crippen molar-refractivity contribution in [2.75, 3.05) is 38.2 Å². The van der Waals surface area contributed by atoms with E-state index < -0.39 is 11.3 Å². The van der Waals surface area contributed by atoms with Crippen LogP contribution in [0.15, 0.2) is 60.8 Å². The topological polar surface area (TPSA) is 105 Å². The molecule has 4 heterocycles. The lowest BCUT2D eigenvalue weighted by molar-refractivity contribution is -0.137. The van der Waals surface area contributed by atoms with Gasteiger partial charge in [0.15, 0.2) is 0 Å². The van der Waals surface area contributed by atoms with Gasteiger partial charge in [-0.3, -0.25) is 9.59 Å². The zero-order valence-corrected chi connectivity index (χ0v) is 20.9. The van der Waals surface area contributed by atoms with Gasteiger partial charge in [-0.1, -0.05) is 48.5 Å². The van der Waals surface area contributed by atoms with Crippen LogP contribution in [0.25, 0.3) is 21.8 Å². The molecule has 190 valence electrons. The van der Waals surface area contributed by atoms with Crippen LogP contribution in [0.5, 0.6) is 0 Å². The van der Waals surface area contributed by atoms with Crippen LogP contribution < -0.4 is 10.6 Å². The Morgan fingerprint density at radius 3 is 2.78 bits per heavy atom. The van der Waals surface area contributed by atoms with E-state index in [0.29, 0.717) is 37.4 Å². The van der Waals surface area contributed by atoms with E-state index in [0.717, 1.165) is 47.1 Å². The number of nitrogens with two attached hydrogens (primary N) is 1. The molecule has 2 aromatic heterocycles. The minimum Gasteiger partial charge on any atom is -0.376 e. The SMILES string of the molecule is CN1CC(COCc2ccccc2)C2(CCCN(c3ncc(C(N)=O)c4[nH]c5ccccc5c34)C2)C1=O. The number of hydrogen-bond donors (Lipinski definition) is 2. The molecular weight excluding hydrogens is 466 g/mol. The molecule has 0 bridgehead atoms. The van der Waals surface area contributed by atoms with Gasteiger partial charge in [-0.25, -0.2) is 4.98 Å². The molecular formula is C29H31N5O3. The average Bonchev–Trinajstić information content (AvgIpc) is 3.40. The van der Waals surface area contributed by atoms with Gasteiger partial charge < -0.3 is 25.3 Å². The van der Waals surface area contributed by atoms with Gasteiger partial charge in [0.1, 0.15) is 5.82 Å². The maximum Gasteiger partial charge on any atom is 0.252 e. The molecule has 2 unspecified atom stereocenters. The number of hydrogen-bond acceptors (Lipinski definition) is 5. The first-order valence-corrected chi connectivity index (χ1v) is 12.8. The number of anilines is 1. The monoisotopic (exact) mass is 497 g/mol. The smallest absolute Gasteiger partial charge is 0.252 e. The average molecular weight is 498 g/mol. The minimum absolute atomic E-state index is 0.0832. The van der Waals surface area contributed by atoms with E-state index in [9.17, 15) is 9.59 Å². The molecule has 8 heteroatoms. The second kappa shape index (κ2) is 9.19. The van der Waals surface area contributed by atoms with Gasteiger partial charge in [-0.05, 0) is 24.5 Å².